The Morgan fingerprint density at radius 1 is 0.907 bits per heavy atom. The van der Waals surface area contributed by atoms with Crippen LogP contribution in [0.1, 0.15) is 118 Å². The van der Waals surface area contributed by atoms with Crippen LogP contribution < -0.4 is 16.4 Å². The number of nitrogens with one attached hydrogen (secondary N) is 2. The van der Waals surface area contributed by atoms with E-state index in [2.05, 4.69) is 31.4 Å². The lowest BCUT2D eigenvalue weighted by Gasteiger charge is -2.62. The molecule has 5 unspecified atom stereocenters. The maximum absolute atomic E-state index is 11.8. The molecule has 252 valence electrons. The van der Waals surface area contributed by atoms with Crippen LogP contribution in [0.4, 0.5) is 0 Å². The van der Waals surface area contributed by atoms with Crippen molar-refractivity contribution in [1.82, 2.24) is 10.6 Å². The topological polar surface area (TPSA) is 134 Å². The third-order valence-corrected chi connectivity index (χ3v) is 13.6. The van der Waals surface area contributed by atoms with Crippen LogP contribution in [0.3, 0.4) is 0 Å². The normalized spacial score (nSPS) is 39.2. The molecule has 0 aromatic heterocycles. The highest BCUT2D eigenvalue weighted by Gasteiger charge is 2.62. The molecule has 8 nitrogen and oxygen atoms in total. The minimum Gasteiger partial charge on any atom is -0.393 e. The van der Waals surface area contributed by atoms with Crippen LogP contribution in [-0.2, 0) is 14.6 Å². The molecule has 0 aromatic rings. The quantitative estimate of drug-likeness (QED) is 0.111. The fraction of sp³-hybridized carbons (Fsp3) is 1.00. The molecule has 0 aliphatic heterocycles. The van der Waals surface area contributed by atoms with E-state index in [1.54, 1.807) is 0 Å². The molecule has 0 spiro atoms. The fourth-order valence-corrected chi connectivity index (χ4v) is 11.3. The van der Waals surface area contributed by atoms with E-state index in [-0.39, 0.29) is 17.4 Å². The second-order valence-electron chi connectivity index (χ2n) is 15.9. The van der Waals surface area contributed by atoms with Gasteiger partial charge in [0.1, 0.15) is 0 Å². The average molecular weight is 628 g/mol. The Morgan fingerprint density at radius 2 is 1.60 bits per heavy atom. The Bertz CT molecular complexity index is 981. The van der Waals surface area contributed by atoms with Crippen molar-refractivity contribution in [2.75, 3.05) is 26.2 Å². The molecule has 0 saturated heterocycles. The van der Waals surface area contributed by atoms with Gasteiger partial charge in [0.25, 0.3) is 0 Å². The van der Waals surface area contributed by atoms with Gasteiger partial charge < -0.3 is 21.5 Å². The molecule has 43 heavy (non-hydrogen) atoms. The number of aliphatic hydroxyl groups is 1. The van der Waals surface area contributed by atoms with Crippen molar-refractivity contribution in [2.45, 2.75) is 136 Å². The van der Waals surface area contributed by atoms with Crippen molar-refractivity contribution < 1.29 is 22.3 Å². The molecule has 0 radical (unpaired) electrons. The van der Waals surface area contributed by atoms with Crippen LogP contribution >= 0.6 is 0 Å². The van der Waals surface area contributed by atoms with Crippen LogP contribution in [0.5, 0.6) is 0 Å². The molecule has 0 heterocycles. The summed E-state index contributed by atoms with van der Waals surface area (Å²) in [5, 5.41) is 19.2. The molecule has 0 amide bonds. The van der Waals surface area contributed by atoms with E-state index in [9.17, 15) is 18.1 Å². The Balaban J connectivity index is 1.32. The second kappa shape index (κ2) is 15.1. The van der Waals surface area contributed by atoms with E-state index in [0.717, 1.165) is 58.3 Å². The number of fused-ring (bicyclic) bond motifs is 5. The lowest BCUT2D eigenvalue weighted by atomic mass is 9.43. The SMILES string of the molecule is CC(C)[C@@H](CC[C@@H](C)[C@H]1CCC2C3C(O)C[C@H]4CC(NCCCNCCCCN)CC[C@]4(C)C3CC[C@@]21C)OS(=O)(=O)O. The molecule has 4 aliphatic carbocycles. The van der Waals surface area contributed by atoms with Crippen molar-refractivity contribution in [3.05, 3.63) is 0 Å². The van der Waals surface area contributed by atoms with Gasteiger partial charge >= 0.3 is 10.4 Å². The minimum absolute atomic E-state index is 0.0152. The van der Waals surface area contributed by atoms with Gasteiger partial charge in [-0.05, 0) is 162 Å². The highest BCUT2D eigenvalue weighted by atomic mass is 32.3. The van der Waals surface area contributed by atoms with Gasteiger partial charge in [-0.15, -0.1) is 0 Å². The summed E-state index contributed by atoms with van der Waals surface area (Å²) in [6, 6.07) is 0.573. The second-order valence-corrected chi connectivity index (χ2v) is 17.0. The summed E-state index contributed by atoms with van der Waals surface area (Å²) in [5.41, 5.74) is 6.13. The van der Waals surface area contributed by atoms with Gasteiger partial charge in [-0.25, -0.2) is 4.18 Å². The van der Waals surface area contributed by atoms with E-state index in [0.29, 0.717) is 53.4 Å². The van der Waals surface area contributed by atoms with E-state index >= 15 is 0 Å². The first kappa shape index (κ1) is 35.6. The Hall–Kier alpha value is -0.290. The zero-order valence-electron chi connectivity index (χ0n) is 27.9. The molecular weight excluding hydrogens is 562 g/mol. The first-order valence-electron chi connectivity index (χ1n) is 17.8. The molecular formula is C34H65N3O5S. The average Bonchev–Trinajstić information content (AvgIpc) is 3.29. The molecule has 4 rings (SSSR count). The molecule has 0 aromatic carbocycles. The van der Waals surface area contributed by atoms with Crippen LogP contribution in [0, 0.1) is 52.3 Å². The lowest BCUT2D eigenvalue weighted by Crippen LogP contribution is -2.59. The zero-order chi connectivity index (χ0) is 31.4. The molecule has 4 aliphatic rings. The largest absolute Gasteiger partial charge is 0.397 e. The highest BCUT2D eigenvalue weighted by molar-refractivity contribution is 7.80. The van der Waals surface area contributed by atoms with Crippen molar-refractivity contribution in [1.29, 1.82) is 0 Å². The number of unbranched alkanes of at least 4 members (excludes halogenated alkanes) is 1. The predicted octanol–water partition coefficient (Wildman–Crippen LogP) is 5.55. The first-order valence-corrected chi connectivity index (χ1v) is 19.1. The predicted molar refractivity (Wildman–Crippen MR) is 174 cm³/mol. The standard InChI is InChI=1S/C34H65N3O5S/c1-23(2)31(42-43(39,40)41)12-9-24(3)27-10-11-28-32-29(14-16-34(27,28)5)33(4)15-13-26(21-25(33)22-30(32)38)37-20-8-19-36-18-7-6-17-35/h23-32,36-38H,6-22,35H2,1-5H3,(H,39,40,41)/t24-,25-,26?,27-,28?,29?,30?,31-,32?,33+,34-/m1/s1. The summed E-state index contributed by atoms with van der Waals surface area (Å²) < 4.78 is 37.1. The van der Waals surface area contributed by atoms with Crippen molar-refractivity contribution in [2.24, 2.45) is 58.0 Å². The molecule has 9 heteroatoms. The third-order valence-electron chi connectivity index (χ3n) is 13.1. The van der Waals surface area contributed by atoms with Crippen molar-refractivity contribution >= 4 is 10.4 Å². The molecule has 11 atom stereocenters. The van der Waals surface area contributed by atoms with Crippen LogP contribution in [0.15, 0.2) is 0 Å². The number of hydrogen-bond acceptors (Lipinski definition) is 7. The van der Waals surface area contributed by atoms with Gasteiger partial charge in [-0.2, -0.15) is 8.42 Å². The van der Waals surface area contributed by atoms with Gasteiger partial charge in [-0.1, -0.05) is 34.6 Å². The van der Waals surface area contributed by atoms with Crippen molar-refractivity contribution in [3.63, 3.8) is 0 Å². The van der Waals surface area contributed by atoms with Gasteiger partial charge in [-0.3, -0.25) is 4.55 Å². The van der Waals surface area contributed by atoms with E-state index < -0.39 is 16.5 Å². The van der Waals surface area contributed by atoms with E-state index in [1.165, 1.54) is 44.9 Å². The van der Waals surface area contributed by atoms with Gasteiger partial charge in [0.15, 0.2) is 0 Å². The van der Waals surface area contributed by atoms with E-state index in [4.69, 9.17) is 9.92 Å². The van der Waals surface area contributed by atoms with Gasteiger partial charge in [0.05, 0.1) is 12.2 Å². The van der Waals surface area contributed by atoms with Gasteiger partial charge in [0.2, 0.25) is 0 Å². The summed E-state index contributed by atoms with van der Waals surface area (Å²) in [6.07, 6.45) is 13.7. The van der Waals surface area contributed by atoms with Crippen LogP contribution in [0.25, 0.3) is 0 Å². The molecule has 0 bridgehead atoms. The smallest absolute Gasteiger partial charge is 0.393 e. The maximum atomic E-state index is 11.8. The Kier molecular flexibility index (Phi) is 12.5. The maximum Gasteiger partial charge on any atom is 0.397 e. The minimum atomic E-state index is -4.45. The van der Waals surface area contributed by atoms with Gasteiger partial charge in [0, 0.05) is 6.04 Å². The van der Waals surface area contributed by atoms with Crippen LogP contribution in [0.2, 0.25) is 0 Å². The third kappa shape index (κ3) is 8.36. The molecule has 4 saturated carbocycles. The Labute approximate surface area is 263 Å². The first-order chi connectivity index (χ1) is 20.3. The number of hydrogen-bond donors (Lipinski definition) is 5. The lowest BCUT2D eigenvalue weighted by molar-refractivity contribution is -0.167. The molecule has 6 N–H and O–H groups in total. The summed E-state index contributed by atoms with van der Waals surface area (Å²) in [7, 11) is -4.45. The van der Waals surface area contributed by atoms with E-state index in [1.807, 2.05) is 13.8 Å². The summed E-state index contributed by atoms with van der Waals surface area (Å²) in [6.45, 7) is 15.3. The number of rotatable bonds is 16. The highest BCUT2D eigenvalue weighted by Crippen LogP contribution is 2.68. The summed E-state index contributed by atoms with van der Waals surface area (Å²) in [5.74, 6) is 3.21. The zero-order valence-corrected chi connectivity index (χ0v) is 28.7. The monoisotopic (exact) mass is 627 g/mol. The van der Waals surface area contributed by atoms with Crippen LogP contribution in [-0.4, -0.2) is 62.5 Å². The fourth-order valence-electron chi connectivity index (χ4n) is 10.7. The van der Waals surface area contributed by atoms with Crippen molar-refractivity contribution in [3.8, 4) is 0 Å². The summed E-state index contributed by atoms with van der Waals surface area (Å²) in [4.78, 5) is 0. The summed E-state index contributed by atoms with van der Waals surface area (Å²) >= 11 is 0. The Morgan fingerprint density at radius 3 is 2.30 bits per heavy atom. The number of aliphatic hydroxyl groups excluding tert-OH is 1. The molecule has 4 fully saturated rings. The number of nitrogens with two attached hydrogens (primary N) is 1.